The van der Waals surface area contributed by atoms with E-state index in [0.29, 0.717) is 21.2 Å². The van der Waals surface area contributed by atoms with Gasteiger partial charge in [0, 0.05) is 16.1 Å². The SMILES string of the molecule is CC(=CC(=O)O)c1ccc(Cl)cc1Cl. The van der Waals surface area contributed by atoms with Crippen molar-refractivity contribution in [2.24, 2.45) is 0 Å². The van der Waals surface area contributed by atoms with Crippen LogP contribution in [0, 0.1) is 0 Å². The lowest BCUT2D eigenvalue weighted by molar-refractivity contribution is -0.131. The Labute approximate surface area is 91.8 Å². The van der Waals surface area contributed by atoms with Crippen LogP contribution in [0.1, 0.15) is 12.5 Å². The quantitative estimate of drug-likeness (QED) is 0.791. The predicted molar refractivity (Wildman–Crippen MR) is 57.7 cm³/mol. The molecule has 1 aromatic carbocycles. The van der Waals surface area contributed by atoms with Gasteiger partial charge in [0.1, 0.15) is 0 Å². The van der Waals surface area contributed by atoms with Crippen LogP contribution in [0.4, 0.5) is 0 Å². The largest absolute Gasteiger partial charge is 0.478 e. The number of benzene rings is 1. The molecule has 0 heterocycles. The van der Waals surface area contributed by atoms with Gasteiger partial charge in [-0.1, -0.05) is 29.3 Å². The van der Waals surface area contributed by atoms with E-state index in [1.165, 1.54) is 0 Å². The van der Waals surface area contributed by atoms with E-state index in [9.17, 15) is 4.79 Å². The minimum absolute atomic E-state index is 0.451. The summed E-state index contributed by atoms with van der Waals surface area (Å²) in [4.78, 5) is 10.4. The molecule has 1 aromatic rings. The highest BCUT2D eigenvalue weighted by Gasteiger charge is 2.04. The zero-order valence-electron chi connectivity index (χ0n) is 7.42. The first kappa shape index (κ1) is 11.1. The monoisotopic (exact) mass is 230 g/mol. The number of hydrogen-bond donors (Lipinski definition) is 1. The molecule has 4 heteroatoms. The fraction of sp³-hybridized carbons (Fsp3) is 0.100. The molecule has 2 nitrogen and oxygen atoms in total. The van der Waals surface area contributed by atoms with E-state index in [1.54, 1.807) is 25.1 Å². The molecule has 0 fully saturated rings. The number of rotatable bonds is 2. The highest BCUT2D eigenvalue weighted by molar-refractivity contribution is 6.35. The molecule has 0 saturated carbocycles. The molecule has 0 radical (unpaired) electrons. The van der Waals surface area contributed by atoms with E-state index in [4.69, 9.17) is 28.3 Å². The summed E-state index contributed by atoms with van der Waals surface area (Å²) in [5.41, 5.74) is 1.28. The predicted octanol–water partition coefficient (Wildman–Crippen LogP) is 3.48. The Morgan fingerprint density at radius 3 is 2.57 bits per heavy atom. The molecule has 0 aliphatic heterocycles. The normalized spacial score (nSPS) is 11.5. The zero-order chi connectivity index (χ0) is 10.7. The molecule has 0 unspecified atom stereocenters. The number of hydrogen-bond acceptors (Lipinski definition) is 1. The summed E-state index contributed by atoms with van der Waals surface area (Å²) < 4.78 is 0. The van der Waals surface area contributed by atoms with Gasteiger partial charge in [-0.15, -0.1) is 0 Å². The summed E-state index contributed by atoms with van der Waals surface area (Å²) in [5.74, 6) is -0.992. The van der Waals surface area contributed by atoms with Crippen LogP contribution in [-0.4, -0.2) is 11.1 Å². The third-order valence-electron chi connectivity index (χ3n) is 1.70. The maximum Gasteiger partial charge on any atom is 0.328 e. The lowest BCUT2D eigenvalue weighted by Gasteiger charge is -2.03. The number of carboxylic acid groups (broad SMARTS) is 1. The van der Waals surface area contributed by atoms with E-state index >= 15 is 0 Å². The Kier molecular flexibility index (Phi) is 3.55. The summed E-state index contributed by atoms with van der Waals surface area (Å²) in [6.07, 6.45) is 1.11. The Morgan fingerprint density at radius 1 is 1.43 bits per heavy atom. The van der Waals surface area contributed by atoms with Gasteiger partial charge in [-0.25, -0.2) is 4.79 Å². The number of halogens is 2. The van der Waals surface area contributed by atoms with Gasteiger partial charge in [-0.05, 0) is 30.2 Å². The van der Waals surface area contributed by atoms with Crippen LogP contribution >= 0.6 is 23.2 Å². The lowest BCUT2D eigenvalue weighted by atomic mass is 10.1. The molecular formula is C10H8Cl2O2. The molecule has 0 amide bonds. The Morgan fingerprint density at radius 2 is 2.07 bits per heavy atom. The fourth-order valence-corrected chi connectivity index (χ4v) is 1.63. The molecular weight excluding hydrogens is 223 g/mol. The first-order valence-electron chi connectivity index (χ1n) is 3.87. The van der Waals surface area contributed by atoms with Crippen LogP contribution in [0.3, 0.4) is 0 Å². The van der Waals surface area contributed by atoms with Crippen LogP contribution in [0.25, 0.3) is 5.57 Å². The maximum atomic E-state index is 10.4. The van der Waals surface area contributed by atoms with Crippen molar-refractivity contribution in [3.8, 4) is 0 Å². The third kappa shape index (κ3) is 2.76. The molecule has 1 N–H and O–H groups in total. The van der Waals surface area contributed by atoms with Crippen LogP contribution in [0.15, 0.2) is 24.3 Å². The molecule has 0 atom stereocenters. The number of carboxylic acids is 1. The van der Waals surface area contributed by atoms with E-state index in [0.717, 1.165) is 6.08 Å². The Hall–Kier alpha value is -0.990. The van der Waals surface area contributed by atoms with Gasteiger partial charge in [0.05, 0.1) is 0 Å². The second-order valence-corrected chi connectivity index (χ2v) is 3.63. The molecule has 0 spiro atoms. The molecule has 0 aliphatic carbocycles. The van der Waals surface area contributed by atoms with Crippen molar-refractivity contribution in [1.29, 1.82) is 0 Å². The second-order valence-electron chi connectivity index (χ2n) is 2.79. The number of aliphatic carboxylic acids is 1. The standard InChI is InChI=1S/C10H8Cl2O2/c1-6(4-10(13)14)8-3-2-7(11)5-9(8)12/h2-5H,1H3,(H,13,14). The molecule has 74 valence electrons. The van der Waals surface area contributed by atoms with Gasteiger partial charge in [-0.3, -0.25) is 0 Å². The summed E-state index contributed by atoms with van der Waals surface area (Å²) >= 11 is 11.6. The zero-order valence-corrected chi connectivity index (χ0v) is 8.93. The van der Waals surface area contributed by atoms with Gasteiger partial charge in [0.15, 0.2) is 0 Å². The molecule has 14 heavy (non-hydrogen) atoms. The van der Waals surface area contributed by atoms with Gasteiger partial charge in [0.25, 0.3) is 0 Å². The second kappa shape index (κ2) is 4.49. The smallest absolute Gasteiger partial charge is 0.328 e. The average molecular weight is 231 g/mol. The summed E-state index contributed by atoms with van der Waals surface area (Å²) in [5, 5.41) is 9.53. The molecule has 0 aromatic heterocycles. The molecule has 1 rings (SSSR count). The third-order valence-corrected chi connectivity index (χ3v) is 2.24. The Balaban J connectivity index is 3.14. The fourth-order valence-electron chi connectivity index (χ4n) is 1.07. The topological polar surface area (TPSA) is 37.3 Å². The van der Waals surface area contributed by atoms with Gasteiger partial charge in [-0.2, -0.15) is 0 Å². The Bertz CT molecular complexity index is 397. The minimum Gasteiger partial charge on any atom is -0.478 e. The van der Waals surface area contributed by atoms with Gasteiger partial charge >= 0.3 is 5.97 Å². The van der Waals surface area contributed by atoms with Crippen LogP contribution in [-0.2, 0) is 4.79 Å². The van der Waals surface area contributed by atoms with Gasteiger partial charge in [0.2, 0.25) is 0 Å². The number of allylic oxidation sites excluding steroid dienone is 1. The highest BCUT2D eigenvalue weighted by Crippen LogP contribution is 2.26. The first-order valence-corrected chi connectivity index (χ1v) is 4.63. The molecule has 0 bridgehead atoms. The summed E-state index contributed by atoms with van der Waals surface area (Å²) in [7, 11) is 0. The maximum absolute atomic E-state index is 10.4. The van der Waals surface area contributed by atoms with Gasteiger partial charge < -0.3 is 5.11 Å². The van der Waals surface area contributed by atoms with Crippen molar-refractivity contribution in [3.05, 3.63) is 39.9 Å². The van der Waals surface area contributed by atoms with E-state index in [2.05, 4.69) is 0 Å². The van der Waals surface area contributed by atoms with E-state index in [-0.39, 0.29) is 0 Å². The van der Waals surface area contributed by atoms with Crippen molar-refractivity contribution in [1.82, 2.24) is 0 Å². The highest BCUT2D eigenvalue weighted by atomic mass is 35.5. The summed E-state index contributed by atoms with van der Waals surface area (Å²) in [6, 6.07) is 4.94. The summed E-state index contributed by atoms with van der Waals surface area (Å²) in [6.45, 7) is 1.68. The van der Waals surface area contributed by atoms with Crippen LogP contribution in [0.5, 0.6) is 0 Å². The van der Waals surface area contributed by atoms with Crippen molar-refractivity contribution in [2.45, 2.75) is 6.92 Å². The number of carbonyl (C=O) groups is 1. The van der Waals surface area contributed by atoms with E-state index < -0.39 is 5.97 Å². The van der Waals surface area contributed by atoms with Crippen molar-refractivity contribution >= 4 is 34.7 Å². The van der Waals surface area contributed by atoms with Crippen LogP contribution < -0.4 is 0 Å². The van der Waals surface area contributed by atoms with Crippen molar-refractivity contribution in [3.63, 3.8) is 0 Å². The lowest BCUT2D eigenvalue weighted by Crippen LogP contribution is -1.90. The first-order chi connectivity index (χ1) is 6.50. The van der Waals surface area contributed by atoms with Crippen molar-refractivity contribution in [2.75, 3.05) is 0 Å². The van der Waals surface area contributed by atoms with E-state index in [1.807, 2.05) is 0 Å². The molecule has 0 aliphatic rings. The average Bonchev–Trinajstić information content (AvgIpc) is 2.01. The molecule has 0 saturated heterocycles. The van der Waals surface area contributed by atoms with Crippen molar-refractivity contribution < 1.29 is 9.90 Å². The minimum atomic E-state index is -0.992. The van der Waals surface area contributed by atoms with Crippen LogP contribution in [0.2, 0.25) is 10.0 Å².